The van der Waals surface area contributed by atoms with E-state index in [-0.39, 0.29) is 17.3 Å². The molecule has 4 rings (SSSR count). The summed E-state index contributed by atoms with van der Waals surface area (Å²) in [5.74, 6) is -0.239. The molecule has 0 spiro atoms. The van der Waals surface area contributed by atoms with Crippen LogP contribution in [0.1, 0.15) is 43.7 Å². The van der Waals surface area contributed by atoms with Crippen LogP contribution in [-0.4, -0.2) is 34.3 Å². The van der Waals surface area contributed by atoms with Crippen molar-refractivity contribution in [3.63, 3.8) is 0 Å². The van der Waals surface area contributed by atoms with E-state index in [9.17, 15) is 18.0 Å². The molecule has 1 aliphatic heterocycles. The first kappa shape index (κ1) is 20.1. The number of nitrogens with zero attached hydrogens (tertiary/aromatic N) is 3. The number of imidazole rings is 1. The summed E-state index contributed by atoms with van der Waals surface area (Å²) in [4.78, 5) is 18.9. The Morgan fingerprint density at radius 1 is 1.21 bits per heavy atom. The van der Waals surface area contributed by atoms with E-state index < -0.39 is 11.7 Å². The lowest BCUT2D eigenvalue weighted by atomic mass is 10.1. The highest BCUT2D eigenvalue weighted by atomic mass is 32.2. The van der Waals surface area contributed by atoms with Crippen LogP contribution >= 0.6 is 11.8 Å². The molecule has 0 bridgehead atoms. The number of rotatable bonds is 6. The van der Waals surface area contributed by atoms with Crippen LogP contribution in [0.15, 0.2) is 35.7 Å². The Morgan fingerprint density at radius 3 is 2.66 bits per heavy atom. The van der Waals surface area contributed by atoms with Crippen molar-refractivity contribution in [3.8, 4) is 0 Å². The number of benzene rings is 1. The number of nitrogens with one attached hydrogen (secondary N) is 1. The highest BCUT2D eigenvalue weighted by Crippen LogP contribution is 2.38. The van der Waals surface area contributed by atoms with Crippen molar-refractivity contribution < 1.29 is 18.0 Å². The molecule has 0 radical (unpaired) electrons. The second-order valence-corrected chi connectivity index (χ2v) is 8.41. The molecule has 2 fully saturated rings. The summed E-state index contributed by atoms with van der Waals surface area (Å²) in [6.45, 7) is 1.56. The fourth-order valence-electron chi connectivity index (χ4n) is 3.58. The van der Waals surface area contributed by atoms with Crippen LogP contribution < -0.4 is 10.2 Å². The molecule has 1 saturated carbocycles. The number of thioether (sulfide) groups is 1. The van der Waals surface area contributed by atoms with Crippen LogP contribution in [0.3, 0.4) is 0 Å². The van der Waals surface area contributed by atoms with Crippen molar-refractivity contribution in [3.05, 3.63) is 36.2 Å². The van der Waals surface area contributed by atoms with Crippen LogP contribution in [0.2, 0.25) is 0 Å². The third kappa shape index (κ3) is 4.88. The minimum Gasteiger partial charge on any atom is -0.370 e. The molecular formula is C20H23F3N4OS. The lowest BCUT2D eigenvalue weighted by Gasteiger charge is -2.31. The molecule has 156 valence electrons. The highest BCUT2D eigenvalue weighted by Gasteiger charge is 2.32. The molecule has 0 atom stereocenters. The van der Waals surface area contributed by atoms with Gasteiger partial charge in [-0.2, -0.15) is 13.2 Å². The molecule has 1 N–H and O–H groups in total. The van der Waals surface area contributed by atoms with E-state index in [0.29, 0.717) is 11.7 Å². The molecule has 1 aromatic heterocycles. The Kier molecular flexibility index (Phi) is 5.76. The number of hydrogen-bond acceptors (Lipinski definition) is 4. The number of alkyl halides is 3. The standard InChI is InChI=1S/C20H23F3N4OS/c21-20(22,23)14-4-7-17(26-9-2-1-3-10-26)16(12-14)25-18(28)13-29-19-24-8-11-27(19)15-5-6-15/h4,7-8,11-12,15H,1-3,5-6,9-10,13H2,(H,25,28). The Morgan fingerprint density at radius 2 is 1.97 bits per heavy atom. The molecular weight excluding hydrogens is 401 g/mol. The quantitative estimate of drug-likeness (QED) is 0.666. The molecule has 2 aromatic rings. The number of aromatic nitrogens is 2. The SMILES string of the molecule is O=C(CSc1nccn1C1CC1)Nc1cc(C(F)(F)F)ccc1N1CCCCC1. The van der Waals surface area contributed by atoms with Gasteiger partial charge in [0.25, 0.3) is 0 Å². The summed E-state index contributed by atoms with van der Waals surface area (Å²) in [6, 6.07) is 4.05. The average molecular weight is 424 g/mol. The zero-order valence-corrected chi connectivity index (χ0v) is 16.7. The van der Waals surface area contributed by atoms with Gasteiger partial charge in [-0.25, -0.2) is 4.98 Å². The van der Waals surface area contributed by atoms with Crippen molar-refractivity contribution in [1.82, 2.24) is 9.55 Å². The van der Waals surface area contributed by atoms with Crippen LogP contribution in [0.4, 0.5) is 24.5 Å². The van der Waals surface area contributed by atoms with E-state index >= 15 is 0 Å². The van der Waals surface area contributed by atoms with E-state index in [0.717, 1.165) is 62.5 Å². The second-order valence-electron chi connectivity index (χ2n) is 7.46. The number of halogens is 3. The number of piperidine rings is 1. The monoisotopic (exact) mass is 424 g/mol. The summed E-state index contributed by atoms with van der Waals surface area (Å²) in [6.07, 6.45) is 4.48. The molecule has 5 nitrogen and oxygen atoms in total. The normalized spacial score (nSPS) is 17.4. The summed E-state index contributed by atoms with van der Waals surface area (Å²) in [5, 5.41) is 3.48. The third-order valence-electron chi connectivity index (χ3n) is 5.20. The van der Waals surface area contributed by atoms with Crippen molar-refractivity contribution >= 4 is 29.0 Å². The number of carbonyl (C=O) groups excluding carboxylic acids is 1. The first-order valence-corrected chi connectivity index (χ1v) is 10.8. The topological polar surface area (TPSA) is 50.2 Å². The first-order valence-electron chi connectivity index (χ1n) is 9.83. The fraction of sp³-hybridized carbons (Fsp3) is 0.500. The molecule has 0 unspecified atom stereocenters. The van der Waals surface area contributed by atoms with Gasteiger partial charge in [0.2, 0.25) is 5.91 Å². The van der Waals surface area contributed by atoms with Gasteiger partial charge in [-0.1, -0.05) is 11.8 Å². The van der Waals surface area contributed by atoms with Crippen molar-refractivity contribution in [2.24, 2.45) is 0 Å². The predicted molar refractivity (Wildman–Crippen MR) is 107 cm³/mol. The molecule has 1 saturated heterocycles. The molecule has 1 aliphatic carbocycles. The van der Waals surface area contributed by atoms with Gasteiger partial charge in [-0.05, 0) is 50.3 Å². The zero-order chi connectivity index (χ0) is 20.4. The minimum absolute atomic E-state index is 0.0966. The van der Waals surface area contributed by atoms with Crippen LogP contribution in [-0.2, 0) is 11.0 Å². The van der Waals surface area contributed by atoms with E-state index in [2.05, 4.69) is 14.9 Å². The highest BCUT2D eigenvalue weighted by molar-refractivity contribution is 7.99. The number of amides is 1. The van der Waals surface area contributed by atoms with Crippen LogP contribution in [0.5, 0.6) is 0 Å². The first-order chi connectivity index (χ1) is 13.9. The fourth-order valence-corrected chi connectivity index (χ4v) is 4.41. The number of carbonyl (C=O) groups is 1. The maximum atomic E-state index is 13.2. The minimum atomic E-state index is -4.45. The van der Waals surface area contributed by atoms with Gasteiger partial charge in [0.1, 0.15) is 0 Å². The Bertz CT molecular complexity index is 873. The number of hydrogen-bond donors (Lipinski definition) is 1. The van der Waals surface area contributed by atoms with E-state index in [1.807, 2.05) is 11.1 Å². The molecule has 29 heavy (non-hydrogen) atoms. The predicted octanol–water partition coefficient (Wildman–Crippen LogP) is 4.96. The molecule has 2 heterocycles. The summed E-state index contributed by atoms with van der Waals surface area (Å²) < 4.78 is 41.6. The van der Waals surface area contributed by atoms with Crippen molar-refractivity contribution in [2.75, 3.05) is 29.1 Å². The second kappa shape index (κ2) is 8.30. The zero-order valence-electron chi connectivity index (χ0n) is 15.9. The van der Waals surface area contributed by atoms with E-state index in [1.54, 1.807) is 6.20 Å². The van der Waals surface area contributed by atoms with Crippen LogP contribution in [0, 0.1) is 0 Å². The van der Waals surface area contributed by atoms with Gasteiger partial charge in [0, 0.05) is 31.5 Å². The summed E-state index contributed by atoms with van der Waals surface area (Å²) in [5.41, 5.74) is 0.110. The van der Waals surface area contributed by atoms with Gasteiger partial charge in [-0.15, -0.1) is 0 Å². The average Bonchev–Trinajstić information content (AvgIpc) is 3.44. The Hall–Kier alpha value is -2.16. The maximum absolute atomic E-state index is 13.2. The largest absolute Gasteiger partial charge is 0.416 e. The summed E-state index contributed by atoms with van der Waals surface area (Å²) >= 11 is 1.30. The number of anilines is 2. The van der Waals surface area contributed by atoms with Gasteiger partial charge in [-0.3, -0.25) is 4.79 Å². The van der Waals surface area contributed by atoms with Gasteiger partial charge in [0.05, 0.1) is 22.7 Å². The van der Waals surface area contributed by atoms with Gasteiger partial charge in [0.15, 0.2) is 5.16 Å². The summed E-state index contributed by atoms with van der Waals surface area (Å²) in [7, 11) is 0. The van der Waals surface area contributed by atoms with Crippen molar-refractivity contribution in [2.45, 2.75) is 49.5 Å². The lowest BCUT2D eigenvalue weighted by Crippen LogP contribution is -2.30. The maximum Gasteiger partial charge on any atom is 0.416 e. The van der Waals surface area contributed by atoms with Crippen molar-refractivity contribution in [1.29, 1.82) is 0 Å². The lowest BCUT2D eigenvalue weighted by molar-refractivity contribution is -0.137. The third-order valence-corrected chi connectivity index (χ3v) is 6.18. The molecule has 1 aromatic carbocycles. The molecule has 2 aliphatic rings. The van der Waals surface area contributed by atoms with Gasteiger partial charge >= 0.3 is 6.18 Å². The van der Waals surface area contributed by atoms with E-state index in [4.69, 9.17) is 0 Å². The molecule has 1 amide bonds. The van der Waals surface area contributed by atoms with Gasteiger partial charge < -0.3 is 14.8 Å². The Balaban J connectivity index is 1.48. The smallest absolute Gasteiger partial charge is 0.370 e. The van der Waals surface area contributed by atoms with Crippen LogP contribution in [0.25, 0.3) is 0 Å². The Labute approximate surface area is 171 Å². The van der Waals surface area contributed by atoms with E-state index in [1.165, 1.54) is 17.8 Å². The molecule has 9 heteroatoms.